The summed E-state index contributed by atoms with van der Waals surface area (Å²) in [6.45, 7) is 0. The fraction of sp³-hybridized carbons (Fsp3) is 0.111. The second-order valence-electron chi connectivity index (χ2n) is 5.65. The lowest BCUT2D eigenvalue weighted by atomic mass is 10.0. The Balaban J connectivity index is 1.87. The van der Waals surface area contributed by atoms with Crippen LogP contribution in [0, 0.1) is 0 Å². The van der Waals surface area contributed by atoms with Crippen LogP contribution in [0.3, 0.4) is 0 Å². The molecule has 0 aliphatic carbocycles. The summed E-state index contributed by atoms with van der Waals surface area (Å²) < 4.78 is 0. The Labute approximate surface area is 132 Å². The number of hydrogen-bond acceptors (Lipinski definition) is 3. The molecule has 1 aromatic heterocycles. The van der Waals surface area contributed by atoms with Crippen LogP contribution in [0.5, 0.6) is 0 Å². The lowest BCUT2D eigenvalue weighted by molar-refractivity contribution is 0.0735. The van der Waals surface area contributed by atoms with E-state index in [0.717, 1.165) is 16.6 Å². The molecule has 0 fully saturated rings. The van der Waals surface area contributed by atoms with Gasteiger partial charge in [-0.15, -0.1) is 0 Å². The van der Waals surface area contributed by atoms with Gasteiger partial charge in [-0.1, -0.05) is 30.3 Å². The number of amides is 1. The number of para-hydroxylation sites is 2. The molecule has 2 heterocycles. The average Bonchev–Trinajstić information content (AvgIpc) is 2.58. The molecule has 3 aromatic rings. The number of aromatic amines is 1. The van der Waals surface area contributed by atoms with Crippen molar-refractivity contribution in [3.05, 3.63) is 76.1 Å². The van der Waals surface area contributed by atoms with Gasteiger partial charge < -0.3 is 15.2 Å². The fourth-order valence-electron chi connectivity index (χ4n) is 3.00. The van der Waals surface area contributed by atoms with Gasteiger partial charge in [0.15, 0.2) is 0 Å². The Morgan fingerprint density at radius 2 is 1.74 bits per heavy atom. The van der Waals surface area contributed by atoms with E-state index in [2.05, 4.69) is 10.3 Å². The van der Waals surface area contributed by atoms with Gasteiger partial charge in [-0.2, -0.15) is 0 Å². The molecule has 2 aromatic carbocycles. The quantitative estimate of drug-likeness (QED) is 0.726. The van der Waals surface area contributed by atoms with Crippen molar-refractivity contribution in [2.45, 2.75) is 6.17 Å². The number of carbonyl (C=O) groups is 1. The topological polar surface area (TPSA) is 65.2 Å². The minimum atomic E-state index is -0.495. The molecule has 0 radical (unpaired) electrons. The maximum atomic E-state index is 12.5. The predicted octanol–water partition coefficient (Wildman–Crippen LogP) is 2.72. The molecule has 1 amide bonds. The molecule has 0 saturated carbocycles. The average molecular weight is 305 g/mol. The highest BCUT2D eigenvalue weighted by Gasteiger charge is 2.31. The monoisotopic (exact) mass is 305 g/mol. The van der Waals surface area contributed by atoms with E-state index in [-0.39, 0.29) is 11.5 Å². The van der Waals surface area contributed by atoms with E-state index in [1.807, 2.05) is 48.5 Å². The molecule has 23 heavy (non-hydrogen) atoms. The van der Waals surface area contributed by atoms with Gasteiger partial charge in [0.25, 0.3) is 11.5 Å². The summed E-state index contributed by atoms with van der Waals surface area (Å²) in [4.78, 5) is 29.5. The minimum absolute atomic E-state index is 0.100. The van der Waals surface area contributed by atoms with Gasteiger partial charge in [0, 0.05) is 18.3 Å². The number of anilines is 1. The van der Waals surface area contributed by atoms with Gasteiger partial charge in [-0.05, 0) is 29.7 Å². The summed E-state index contributed by atoms with van der Waals surface area (Å²) in [6.07, 6.45) is -0.495. The van der Waals surface area contributed by atoms with Crippen LogP contribution < -0.4 is 10.9 Å². The number of nitrogens with one attached hydrogen (secondary N) is 2. The van der Waals surface area contributed by atoms with Gasteiger partial charge in [-0.25, -0.2) is 0 Å². The Bertz CT molecular complexity index is 977. The smallest absolute Gasteiger partial charge is 0.257 e. The first-order valence-electron chi connectivity index (χ1n) is 7.40. The molecular formula is C18H15N3O2. The van der Waals surface area contributed by atoms with Gasteiger partial charge >= 0.3 is 0 Å². The van der Waals surface area contributed by atoms with E-state index in [4.69, 9.17) is 0 Å². The molecule has 1 unspecified atom stereocenters. The molecule has 1 atom stereocenters. The zero-order chi connectivity index (χ0) is 16.0. The van der Waals surface area contributed by atoms with Crippen LogP contribution >= 0.6 is 0 Å². The molecule has 5 nitrogen and oxygen atoms in total. The van der Waals surface area contributed by atoms with Gasteiger partial charge in [-0.3, -0.25) is 9.59 Å². The Kier molecular flexibility index (Phi) is 2.94. The second-order valence-corrected chi connectivity index (χ2v) is 5.65. The SMILES string of the molecule is CN1C(=O)c2ccccc2NC1c1cc2ccccc2[nH]c1=O. The molecule has 114 valence electrons. The number of nitrogens with zero attached hydrogens (tertiary/aromatic N) is 1. The number of aromatic nitrogens is 1. The normalized spacial score (nSPS) is 17.0. The molecule has 0 spiro atoms. The summed E-state index contributed by atoms with van der Waals surface area (Å²) in [5, 5.41) is 4.22. The summed E-state index contributed by atoms with van der Waals surface area (Å²) in [7, 11) is 1.70. The van der Waals surface area contributed by atoms with Crippen molar-refractivity contribution in [1.29, 1.82) is 0 Å². The molecule has 1 aliphatic rings. The van der Waals surface area contributed by atoms with Crippen LogP contribution in [-0.4, -0.2) is 22.8 Å². The van der Waals surface area contributed by atoms with Gasteiger partial charge in [0.1, 0.15) is 6.17 Å². The molecular weight excluding hydrogens is 290 g/mol. The molecule has 0 saturated heterocycles. The summed E-state index contributed by atoms with van der Waals surface area (Å²) in [5.74, 6) is -0.100. The minimum Gasteiger partial charge on any atom is -0.361 e. The Morgan fingerprint density at radius 1 is 1.00 bits per heavy atom. The summed E-state index contributed by atoms with van der Waals surface area (Å²) in [6, 6.07) is 16.8. The van der Waals surface area contributed by atoms with E-state index >= 15 is 0 Å². The lowest BCUT2D eigenvalue weighted by Crippen LogP contribution is -2.42. The van der Waals surface area contributed by atoms with Crippen molar-refractivity contribution in [3.8, 4) is 0 Å². The highest BCUT2D eigenvalue weighted by molar-refractivity contribution is 6.01. The number of carbonyl (C=O) groups excluding carboxylic acids is 1. The highest BCUT2D eigenvalue weighted by Crippen LogP contribution is 2.31. The van der Waals surface area contributed by atoms with E-state index in [1.54, 1.807) is 18.0 Å². The molecule has 1 aliphatic heterocycles. The van der Waals surface area contributed by atoms with Crippen LogP contribution in [-0.2, 0) is 0 Å². The van der Waals surface area contributed by atoms with Gasteiger partial charge in [0.05, 0.1) is 11.1 Å². The number of benzene rings is 2. The molecule has 5 heteroatoms. The van der Waals surface area contributed by atoms with Gasteiger partial charge in [0.2, 0.25) is 0 Å². The van der Waals surface area contributed by atoms with E-state index in [9.17, 15) is 9.59 Å². The largest absolute Gasteiger partial charge is 0.361 e. The summed E-state index contributed by atoms with van der Waals surface area (Å²) >= 11 is 0. The van der Waals surface area contributed by atoms with E-state index in [1.165, 1.54) is 0 Å². The highest BCUT2D eigenvalue weighted by atomic mass is 16.2. The van der Waals surface area contributed by atoms with Crippen LogP contribution in [0.4, 0.5) is 5.69 Å². The van der Waals surface area contributed by atoms with Crippen molar-refractivity contribution in [2.24, 2.45) is 0 Å². The predicted molar refractivity (Wildman–Crippen MR) is 89.5 cm³/mol. The number of fused-ring (bicyclic) bond motifs is 2. The zero-order valence-corrected chi connectivity index (χ0v) is 12.5. The van der Waals surface area contributed by atoms with Crippen molar-refractivity contribution in [2.75, 3.05) is 12.4 Å². The van der Waals surface area contributed by atoms with Crippen LogP contribution in [0.1, 0.15) is 22.1 Å². The maximum Gasteiger partial charge on any atom is 0.257 e. The fourth-order valence-corrected chi connectivity index (χ4v) is 3.00. The summed E-state index contributed by atoms with van der Waals surface area (Å²) in [5.41, 5.74) is 2.47. The first kappa shape index (κ1) is 13.6. The Hall–Kier alpha value is -3.08. The van der Waals surface area contributed by atoms with Crippen LogP contribution in [0.25, 0.3) is 10.9 Å². The van der Waals surface area contributed by atoms with Crippen molar-refractivity contribution in [1.82, 2.24) is 9.88 Å². The maximum absolute atomic E-state index is 12.5. The molecule has 0 bridgehead atoms. The zero-order valence-electron chi connectivity index (χ0n) is 12.5. The second kappa shape index (κ2) is 4.98. The van der Waals surface area contributed by atoms with Crippen molar-refractivity contribution in [3.63, 3.8) is 0 Å². The third-order valence-electron chi connectivity index (χ3n) is 4.23. The number of hydrogen-bond donors (Lipinski definition) is 2. The number of rotatable bonds is 1. The standard InChI is InChI=1S/C18H15N3O2/c1-21-16(19-15-9-5-3-7-12(15)18(21)23)13-10-11-6-2-4-8-14(11)20-17(13)22/h2-10,16,19H,1H3,(H,20,22). The van der Waals surface area contributed by atoms with Crippen molar-refractivity contribution >= 4 is 22.5 Å². The first-order valence-corrected chi connectivity index (χ1v) is 7.40. The van der Waals surface area contributed by atoms with E-state index in [0.29, 0.717) is 11.1 Å². The first-order chi connectivity index (χ1) is 11.1. The van der Waals surface area contributed by atoms with Crippen LogP contribution in [0.2, 0.25) is 0 Å². The molecule has 4 rings (SSSR count). The third kappa shape index (κ3) is 2.09. The number of H-pyrrole nitrogens is 1. The van der Waals surface area contributed by atoms with Crippen molar-refractivity contribution < 1.29 is 4.79 Å². The number of pyridine rings is 1. The third-order valence-corrected chi connectivity index (χ3v) is 4.23. The Morgan fingerprint density at radius 3 is 2.61 bits per heavy atom. The van der Waals surface area contributed by atoms with E-state index < -0.39 is 6.17 Å². The lowest BCUT2D eigenvalue weighted by Gasteiger charge is -2.35. The van der Waals surface area contributed by atoms with Crippen LogP contribution in [0.15, 0.2) is 59.4 Å². The molecule has 2 N–H and O–H groups in total.